The van der Waals surface area contributed by atoms with Crippen LogP contribution in [-0.4, -0.2) is 68.6 Å². The summed E-state index contributed by atoms with van der Waals surface area (Å²) >= 11 is 0. The molecular formula is C9H16N2O5S. The second-order valence-corrected chi connectivity index (χ2v) is 5.46. The van der Waals surface area contributed by atoms with Gasteiger partial charge in [-0.1, -0.05) is 0 Å². The van der Waals surface area contributed by atoms with E-state index in [1.165, 1.54) is 6.26 Å². The first-order valence-electron chi connectivity index (χ1n) is 5.17. The standard InChI is InChI=1S/C9H16N2O5S/c1-17(16)3-2-10-9(15)11-5-6(12)4-7(11)8(13)14/h6-7,12H,2-5H2,1H3,(H,10,15)(H,13,14). The molecule has 1 saturated heterocycles. The number of carboxylic acid groups (broad SMARTS) is 1. The molecule has 0 bridgehead atoms. The Balaban J connectivity index is 2.49. The van der Waals surface area contributed by atoms with Gasteiger partial charge < -0.3 is 20.4 Å². The van der Waals surface area contributed by atoms with Crippen molar-refractivity contribution in [3.63, 3.8) is 0 Å². The molecular weight excluding hydrogens is 248 g/mol. The van der Waals surface area contributed by atoms with Crippen LogP contribution in [0.5, 0.6) is 0 Å². The third-order valence-corrected chi connectivity index (χ3v) is 3.27. The van der Waals surface area contributed by atoms with Gasteiger partial charge in [-0.15, -0.1) is 0 Å². The first-order valence-corrected chi connectivity index (χ1v) is 6.90. The lowest BCUT2D eigenvalue weighted by Gasteiger charge is -2.21. The zero-order chi connectivity index (χ0) is 13.0. The molecule has 0 aromatic heterocycles. The number of amides is 2. The number of carbonyl (C=O) groups excluding carboxylic acids is 1. The molecule has 1 fully saturated rings. The fraction of sp³-hybridized carbons (Fsp3) is 0.778. The number of aliphatic hydroxyl groups is 1. The Labute approximate surface area is 101 Å². The number of nitrogens with one attached hydrogen (secondary N) is 1. The van der Waals surface area contributed by atoms with E-state index in [4.69, 9.17) is 5.11 Å². The van der Waals surface area contributed by atoms with Gasteiger partial charge in [0.15, 0.2) is 0 Å². The molecule has 0 saturated carbocycles. The van der Waals surface area contributed by atoms with Crippen molar-refractivity contribution in [1.29, 1.82) is 0 Å². The second-order valence-electron chi connectivity index (χ2n) is 3.91. The molecule has 3 unspecified atom stereocenters. The van der Waals surface area contributed by atoms with Gasteiger partial charge in [-0.25, -0.2) is 9.59 Å². The fourth-order valence-electron chi connectivity index (χ4n) is 1.68. The minimum absolute atomic E-state index is 0.0119. The Bertz CT molecular complexity index is 335. The second kappa shape index (κ2) is 5.97. The Hall–Kier alpha value is -1.15. The number of likely N-dealkylation sites (tertiary alicyclic amines) is 1. The van der Waals surface area contributed by atoms with E-state index in [1.54, 1.807) is 0 Å². The molecule has 2 amide bonds. The van der Waals surface area contributed by atoms with Gasteiger partial charge in [-0.2, -0.15) is 0 Å². The number of carboxylic acids is 1. The van der Waals surface area contributed by atoms with Gasteiger partial charge in [0, 0.05) is 42.3 Å². The van der Waals surface area contributed by atoms with Crippen LogP contribution in [0.4, 0.5) is 4.79 Å². The highest BCUT2D eigenvalue weighted by Crippen LogP contribution is 2.17. The average Bonchev–Trinajstić information content (AvgIpc) is 2.59. The van der Waals surface area contributed by atoms with Gasteiger partial charge in [0.25, 0.3) is 0 Å². The van der Waals surface area contributed by atoms with E-state index < -0.39 is 34.9 Å². The summed E-state index contributed by atoms with van der Waals surface area (Å²) in [5.41, 5.74) is 0. The SMILES string of the molecule is CS(=O)CCNC(=O)N1CC(O)CC1C(=O)O. The van der Waals surface area contributed by atoms with E-state index in [0.717, 1.165) is 4.90 Å². The van der Waals surface area contributed by atoms with Crippen LogP contribution in [0.2, 0.25) is 0 Å². The number of hydrogen-bond acceptors (Lipinski definition) is 4. The van der Waals surface area contributed by atoms with E-state index in [0.29, 0.717) is 5.75 Å². The molecule has 98 valence electrons. The first kappa shape index (κ1) is 13.9. The molecule has 7 nitrogen and oxygen atoms in total. The van der Waals surface area contributed by atoms with Crippen molar-refractivity contribution in [3.8, 4) is 0 Å². The minimum atomic E-state index is -1.13. The van der Waals surface area contributed by atoms with Crippen LogP contribution < -0.4 is 5.32 Å². The number of β-amino-alcohol motifs (C(OH)–C–C–N with tert-alkyl or cyclic N) is 1. The number of rotatable bonds is 4. The number of aliphatic carboxylic acids is 1. The Morgan fingerprint density at radius 3 is 2.71 bits per heavy atom. The normalized spacial score (nSPS) is 25.6. The molecule has 0 aromatic carbocycles. The molecule has 0 aromatic rings. The van der Waals surface area contributed by atoms with Crippen molar-refractivity contribution in [2.45, 2.75) is 18.6 Å². The molecule has 1 aliphatic rings. The van der Waals surface area contributed by atoms with Crippen LogP contribution >= 0.6 is 0 Å². The average molecular weight is 264 g/mol. The zero-order valence-corrected chi connectivity index (χ0v) is 10.3. The molecule has 0 aliphatic carbocycles. The van der Waals surface area contributed by atoms with Crippen molar-refractivity contribution < 1.29 is 24.0 Å². The maximum atomic E-state index is 11.6. The van der Waals surface area contributed by atoms with Crippen LogP contribution in [0.1, 0.15) is 6.42 Å². The summed E-state index contributed by atoms with van der Waals surface area (Å²) in [6, 6.07) is -1.53. The molecule has 1 heterocycles. The van der Waals surface area contributed by atoms with E-state index >= 15 is 0 Å². The highest BCUT2D eigenvalue weighted by atomic mass is 32.2. The predicted molar refractivity (Wildman–Crippen MR) is 61.1 cm³/mol. The smallest absolute Gasteiger partial charge is 0.326 e. The lowest BCUT2D eigenvalue weighted by atomic mass is 10.2. The van der Waals surface area contributed by atoms with E-state index in [1.807, 2.05) is 0 Å². The van der Waals surface area contributed by atoms with Crippen LogP contribution in [0, 0.1) is 0 Å². The molecule has 1 aliphatic heterocycles. The van der Waals surface area contributed by atoms with E-state index in [9.17, 15) is 18.9 Å². The quantitative estimate of drug-likeness (QED) is 0.578. The summed E-state index contributed by atoms with van der Waals surface area (Å²) < 4.78 is 10.8. The third kappa shape index (κ3) is 3.97. The van der Waals surface area contributed by atoms with Crippen molar-refractivity contribution in [2.75, 3.05) is 25.1 Å². The topological polar surface area (TPSA) is 107 Å². The maximum absolute atomic E-state index is 11.6. The lowest BCUT2D eigenvalue weighted by Crippen LogP contribution is -2.47. The van der Waals surface area contributed by atoms with Crippen molar-refractivity contribution in [1.82, 2.24) is 10.2 Å². The van der Waals surface area contributed by atoms with Crippen molar-refractivity contribution in [2.24, 2.45) is 0 Å². The summed E-state index contributed by atoms with van der Waals surface area (Å²) in [5.74, 6) is -0.810. The summed E-state index contributed by atoms with van der Waals surface area (Å²) in [6.07, 6.45) is 0.760. The summed E-state index contributed by atoms with van der Waals surface area (Å²) in [6.45, 7) is 0.235. The molecule has 0 spiro atoms. The summed E-state index contributed by atoms with van der Waals surface area (Å²) in [5, 5.41) is 20.7. The van der Waals surface area contributed by atoms with Crippen LogP contribution in [0.3, 0.4) is 0 Å². The van der Waals surface area contributed by atoms with Crippen LogP contribution in [-0.2, 0) is 15.6 Å². The molecule has 0 radical (unpaired) electrons. The lowest BCUT2D eigenvalue weighted by molar-refractivity contribution is -0.141. The maximum Gasteiger partial charge on any atom is 0.326 e. The number of hydrogen-bond donors (Lipinski definition) is 3. The van der Waals surface area contributed by atoms with Crippen molar-refractivity contribution in [3.05, 3.63) is 0 Å². The van der Waals surface area contributed by atoms with Gasteiger partial charge in [-0.05, 0) is 0 Å². The summed E-state index contributed by atoms with van der Waals surface area (Å²) in [4.78, 5) is 23.6. The van der Waals surface area contributed by atoms with Gasteiger partial charge in [0.2, 0.25) is 0 Å². The Morgan fingerprint density at radius 2 is 2.18 bits per heavy atom. The number of carbonyl (C=O) groups is 2. The number of nitrogens with zero attached hydrogens (tertiary/aromatic N) is 1. The van der Waals surface area contributed by atoms with Gasteiger partial charge in [0.05, 0.1) is 6.10 Å². The molecule has 3 N–H and O–H groups in total. The molecule has 8 heteroatoms. The Kier molecular flexibility index (Phi) is 4.88. The van der Waals surface area contributed by atoms with Crippen molar-refractivity contribution >= 4 is 22.8 Å². The van der Waals surface area contributed by atoms with Gasteiger partial charge >= 0.3 is 12.0 Å². The number of urea groups is 1. The third-order valence-electron chi connectivity index (χ3n) is 2.49. The zero-order valence-electron chi connectivity index (χ0n) is 9.46. The number of aliphatic hydroxyl groups excluding tert-OH is 1. The predicted octanol–water partition coefficient (Wildman–Crippen LogP) is -1.41. The highest BCUT2D eigenvalue weighted by molar-refractivity contribution is 7.84. The first-order chi connectivity index (χ1) is 7.91. The summed E-state index contributed by atoms with van der Waals surface area (Å²) in [7, 11) is -1.01. The molecule has 17 heavy (non-hydrogen) atoms. The largest absolute Gasteiger partial charge is 0.480 e. The van der Waals surface area contributed by atoms with Crippen LogP contribution in [0.15, 0.2) is 0 Å². The fourth-order valence-corrected chi connectivity index (χ4v) is 2.07. The highest BCUT2D eigenvalue weighted by Gasteiger charge is 2.38. The van der Waals surface area contributed by atoms with E-state index in [-0.39, 0.29) is 19.5 Å². The molecule has 1 rings (SSSR count). The van der Waals surface area contributed by atoms with Gasteiger partial charge in [-0.3, -0.25) is 4.21 Å². The molecule has 3 atom stereocenters. The van der Waals surface area contributed by atoms with Crippen LogP contribution in [0.25, 0.3) is 0 Å². The monoisotopic (exact) mass is 264 g/mol. The Morgan fingerprint density at radius 1 is 1.53 bits per heavy atom. The minimum Gasteiger partial charge on any atom is -0.480 e. The van der Waals surface area contributed by atoms with E-state index in [2.05, 4.69) is 5.32 Å². The van der Waals surface area contributed by atoms with Gasteiger partial charge in [0.1, 0.15) is 6.04 Å².